The Bertz CT molecular complexity index is 371. The van der Waals surface area contributed by atoms with Gasteiger partial charge in [0.05, 0.1) is 6.10 Å². The maximum Gasteiger partial charge on any atom is 0.220 e. The summed E-state index contributed by atoms with van der Waals surface area (Å²) in [6.45, 7) is 9.69. The summed E-state index contributed by atoms with van der Waals surface area (Å²) in [4.78, 5) is 23.7. The van der Waals surface area contributed by atoms with Gasteiger partial charge in [0, 0.05) is 32.0 Å². The van der Waals surface area contributed by atoms with Gasteiger partial charge in [-0.1, -0.05) is 26.7 Å². The Morgan fingerprint density at radius 2 is 1.83 bits per heavy atom. The molecule has 0 aromatic carbocycles. The minimum absolute atomic E-state index is 0.00533. The SMILES string of the molecule is CC(C)OCCCNC(=O)CCC(=O)N[C@@H]1CCC[C@@H](C)[C@H]1C. The zero-order chi connectivity index (χ0) is 17.2. The van der Waals surface area contributed by atoms with E-state index in [1.165, 1.54) is 12.8 Å². The molecule has 1 aliphatic carbocycles. The first-order chi connectivity index (χ1) is 10.9. The van der Waals surface area contributed by atoms with Crippen LogP contribution in [0.1, 0.15) is 66.2 Å². The van der Waals surface area contributed by atoms with Crippen molar-refractivity contribution >= 4 is 11.8 Å². The molecule has 23 heavy (non-hydrogen) atoms. The summed E-state index contributed by atoms with van der Waals surface area (Å²) in [5.41, 5.74) is 0. The van der Waals surface area contributed by atoms with Crippen LogP contribution in [-0.4, -0.2) is 37.1 Å². The van der Waals surface area contributed by atoms with Gasteiger partial charge < -0.3 is 15.4 Å². The molecule has 1 fully saturated rings. The van der Waals surface area contributed by atoms with Crippen molar-refractivity contribution in [3.63, 3.8) is 0 Å². The van der Waals surface area contributed by atoms with E-state index >= 15 is 0 Å². The molecule has 1 rings (SSSR count). The Labute approximate surface area is 140 Å². The molecule has 3 atom stereocenters. The number of carbonyl (C=O) groups excluding carboxylic acids is 2. The van der Waals surface area contributed by atoms with Crippen LogP contribution in [0.2, 0.25) is 0 Å². The summed E-state index contributed by atoms with van der Waals surface area (Å²) in [6.07, 6.45) is 5.03. The first-order valence-corrected chi connectivity index (χ1v) is 9.07. The molecule has 1 saturated carbocycles. The lowest BCUT2D eigenvalue weighted by molar-refractivity contribution is -0.127. The number of amides is 2. The van der Waals surface area contributed by atoms with Crippen LogP contribution >= 0.6 is 0 Å². The summed E-state index contributed by atoms with van der Waals surface area (Å²) in [5, 5.41) is 5.94. The highest BCUT2D eigenvalue weighted by molar-refractivity contribution is 5.83. The van der Waals surface area contributed by atoms with Gasteiger partial charge in [-0.15, -0.1) is 0 Å². The van der Waals surface area contributed by atoms with E-state index in [9.17, 15) is 9.59 Å². The zero-order valence-corrected chi connectivity index (χ0v) is 15.2. The minimum atomic E-state index is -0.0604. The number of nitrogens with one attached hydrogen (secondary N) is 2. The van der Waals surface area contributed by atoms with Crippen molar-refractivity contribution in [2.75, 3.05) is 13.2 Å². The van der Waals surface area contributed by atoms with Crippen molar-refractivity contribution in [1.82, 2.24) is 10.6 Å². The van der Waals surface area contributed by atoms with Crippen LogP contribution in [0.5, 0.6) is 0 Å². The molecule has 0 saturated heterocycles. The second-order valence-electron chi connectivity index (χ2n) is 7.06. The van der Waals surface area contributed by atoms with Gasteiger partial charge in [-0.05, 0) is 38.5 Å². The average molecular weight is 326 g/mol. The van der Waals surface area contributed by atoms with E-state index in [0.29, 0.717) is 25.0 Å². The van der Waals surface area contributed by atoms with E-state index in [0.717, 1.165) is 12.8 Å². The first-order valence-electron chi connectivity index (χ1n) is 9.07. The third-order valence-corrected chi connectivity index (χ3v) is 4.73. The highest BCUT2D eigenvalue weighted by Crippen LogP contribution is 2.29. The van der Waals surface area contributed by atoms with Crippen LogP contribution in [0.4, 0.5) is 0 Å². The van der Waals surface area contributed by atoms with Gasteiger partial charge in [-0.2, -0.15) is 0 Å². The summed E-state index contributed by atoms with van der Waals surface area (Å²) in [6, 6.07) is 0.266. The summed E-state index contributed by atoms with van der Waals surface area (Å²) < 4.78 is 5.41. The molecule has 134 valence electrons. The fourth-order valence-corrected chi connectivity index (χ4v) is 3.00. The minimum Gasteiger partial charge on any atom is -0.379 e. The number of hydrogen-bond acceptors (Lipinski definition) is 3. The highest BCUT2D eigenvalue weighted by atomic mass is 16.5. The molecule has 2 amide bonds. The van der Waals surface area contributed by atoms with Crippen molar-refractivity contribution in [1.29, 1.82) is 0 Å². The lowest BCUT2D eigenvalue weighted by atomic mass is 9.78. The Kier molecular flexibility index (Phi) is 9.22. The zero-order valence-electron chi connectivity index (χ0n) is 15.2. The largest absolute Gasteiger partial charge is 0.379 e. The smallest absolute Gasteiger partial charge is 0.220 e. The summed E-state index contributed by atoms with van der Waals surface area (Å²) in [7, 11) is 0. The van der Waals surface area contributed by atoms with E-state index < -0.39 is 0 Å². The first kappa shape index (κ1) is 19.9. The van der Waals surface area contributed by atoms with Crippen molar-refractivity contribution in [3.8, 4) is 0 Å². The van der Waals surface area contributed by atoms with E-state index in [2.05, 4.69) is 24.5 Å². The maximum atomic E-state index is 12.0. The predicted molar refractivity (Wildman–Crippen MR) is 92.1 cm³/mol. The van der Waals surface area contributed by atoms with Crippen LogP contribution in [0.25, 0.3) is 0 Å². The second-order valence-corrected chi connectivity index (χ2v) is 7.06. The maximum absolute atomic E-state index is 12.0. The van der Waals surface area contributed by atoms with Crippen molar-refractivity contribution < 1.29 is 14.3 Å². The Morgan fingerprint density at radius 3 is 2.52 bits per heavy atom. The Morgan fingerprint density at radius 1 is 1.13 bits per heavy atom. The quantitative estimate of drug-likeness (QED) is 0.640. The van der Waals surface area contributed by atoms with E-state index in [1.54, 1.807) is 0 Å². The van der Waals surface area contributed by atoms with Gasteiger partial charge in [-0.3, -0.25) is 9.59 Å². The molecule has 0 bridgehead atoms. The van der Waals surface area contributed by atoms with Gasteiger partial charge in [0.1, 0.15) is 0 Å². The normalized spacial score (nSPS) is 24.5. The van der Waals surface area contributed by atoms with Gasteiger partial charge in [0.2, 0.25) is 11.8 Å². The number of rotatable bonds is 9. The van der Waals surface area contributed by atoms with Gasteiger partial charge in [-0.25, -0.2) is 0 Å². The number of hydrogen-bond donors (Lipinski definition) is 2. The van der Waals surface area contributed by atoms with Gasteiger partial charge in [0.15, 0.2) is 0 Å². The third-order valence-electron chi connectivity index (χ3n) is 4.73. The van der Waals surface area contributed by atoms with Gasteiger partial charge >= 0.3 is 0 Å². The summed E-state index contributed by atoms with van der Waals surface area (Å²) >= 11 is 0. The fraction of sp³-hybridized carbons (Fsp3) is 0.889. The van der Waals surface area contributed by atoms with Crippen molar-refractivity contribution in [2.24, 2.45) is 11.8 Å². The molecular formula is C18H34N2O3. The van der Waals surface area contributed by atoms with E-state index in [4.69, 9.17) is 4.74 Å². The standard InChI is InChI=1S/C18H34N2O3/c1-13(2)23-12-6-11-19-17(21)9-10-18(22)20-16-8-5-7-14(3)15(16)4/h13-16H,5-12H2,1-4H3,(H,19,21)(H,20,22)/t14-,15-,16-/m1/s1. The average Bonchev–Trinajstić information content (AvgIpc) is 2.49. The molecule has 0 aromatic rings. The molecule has 0 heterocycles. The molecule has 0 unspecified atom stereocenters. The lowest BCUT2D eigenvalue weighted by Gasteiger charge is -2.34. The molecule has 0 spiro atoms. The van der Waals surface area contributed by atoms with Gasteiger partial charge in [0.25, 0.3) is 0 Å². The third kappa shape index (κ3) is 8.35. The number of ether oxygens (including phenoxy) is 1. The van der Waals surface area contributed by atoms with Crippen molar-refractivity contribution in [3.05, 3.63) is 0 Å². The van der Waals surface area contributed by atoms with E-state index in [-0.39, 0.29) is 36.8 Å². The van der Waals surface area contributed by atoms with Crippen LogP contribution < -0.4 is 10.6 Å². The second kappa shape index (κ2) is 10.6. The fourth-order valence-electron chi connectivity index (χ4n) is 3.00. The number of carbonyl (C=O) groups is 2. The Hall–Kier alpha value is -1.10. The topological polar surface area (TPSA) is 67.4 Å². The van der Waals surface area contributed by atoms with Crippen LogP contribution in [-0.2, 0) is 14.3 Å². The van der Waals surface area contributed by atoms with Crippen LogP contribution in [0.3, 0.4) is 0 Å². The summed E-state index contributed by atoms with van der Waals surface area (Å²) in [5.74, 6) is 1.11. The van der Waals surface area contributed by atoms with Crippen LogP contribution in [0.15, 0.2) is 0 Å². The monoisotopic (exact) mass is 326 g/mol. The molecule has 0 aromatic heterocycles. The molecule has 5 nitrogen and oxygen atoms in total. The molecule has 5 heteroatoms. The molecule has 0 radical (unpaired) electrons. The van der Waals surface area contributed by atoms with E-state index in [1.807, 2.05) is 13.8 Å². The Balaban J connectivity index is 2.11. The lowest BCUT2D eigenvalue weighted by Crippen LogP contribution is -2.43. The molecular weight excluding hydrogens is 292 g/mol. The predicted octanol–water partition coefficient (Wildman–Crippen LogP) is 2.64. The molecule has 0 aliphatic heterocycles. The highest BCUT2D eigenvalue weighted by Gasteiger charge is 2.27. The van der Waals surface area contributed by atoms with Crippen molar-refractivity contribution in [2.45, 2.75) is 78.4 Å². The molecule has 1 aliphatic rings. The molecule has 2 N–H and O–H groups in total. The van der Waals surface area contributed by atoms with Crippen LogP contribution in [0, 0.1) is 11.8 Å².